The minimum absolute atomic E-state index is 0.0439. The molecule has 4 aliphatic rings. The Balaban J connectivity index is 1.57. The van der Waals surface area contributed by atoms with Crippen molar-refractivity contribution in [2.75, 3.05) is 18.0 Å². The predicted octanol–water partition coefficient (Wildman–Crippen LogP) is 3.38. The molecule has 1 saturated carbocycles. The molecule has 0 spiro atoms. The third kappa shape index (κ3) is 2.95. The van der Waals surface area contributed by atoms with Crippen LogP contribution in [0.5, 0.6) is 5.75 Å². The molecule has 2 bridgehead atoms. The number of alkyl halides is 3. The largest absolute Gasteiger partial charge is 0.573 e. The molecule has 3 saturated heterocycles. The second kappa shape index (κ2) is 6.08. The first-order chi connectivity index (χ1) is 14.3. The number of halogens is 3. The second-order valence-electron chi connectivity index (χ2n) is 8.09. The molecule has 3 aliphatic heterocycles. The van der Waals surface area contributed by atoms with E-state index in [4.69, 9.17) is 4.42 Å². The van der Waals surface area contributed by atoms with E-state index >= 15 is 0 Å². The zero-order valence-corrected chi connectivity index (χ0v) is 16.4. The third-order valence-corrected chi connectivity index (χ3v) is 6.71. The number of aromatic nitrogens is 2. The van der Waals surface area contributed by atoms with Crippen LogP contribution in [0.3, 0.4) is 0 Å². The minimum Gasteiger partial charge on any atom is -0.422 e. The van der Waals surface area contributed by atoms with Crippen LogP contribution in [-0.4, -0.2) is 46.6 Å². The van der Waals surface area contributed by atoms with Crippen LogP contribution in [-0.2, 0) is 5.60 Å². The summed E-state index contributed by atoms with van der Waals surface area (Å²) >= 11 is 1.33. The summed E-state index contributed by atoms with van der Waals surface area (Å²) in [6.45, 7) is 1.34. The Morgan fingerprint density at radius 3 is 2.63 bits per heavy atom. The lowest BCUT2D eigenvalue weighted by Crippen LogP contribution is -2.67. The van der Waals surface area contributed by atoms with Crippen molar-refractivity contribution < 1.29 is 27.4 Å². The molecule has 7 rings (SSSR count). The van der Waals surface area contributed by atoms with Crippen molar-refractivity contribution in [3.05, 3.63) is 23.2 Å². The number of thiazole rings is 1. The van der Waals surface area contributed by atoms with E-state index in [1.807, 2.05) is 4.90 Å². The van der Waals surface area contributed by atoms with E-state index in [0.29, 0.717) is 48.6 Å². The number of anilines is 1. The number of piperazine rings is 1. The average molecular weight is 438 g/mol. The monoisotopic (exact) mass is 438 g/mol. The first-order valence-electron chi connectivity index (χ1n) is 9.66. The van der Waals surface area contributed by atoms with Gasteiger partial charge < -0.3 is 24.5 Å². The fourth-order valence-electron chi connectivity index (χ4n) is 4.32. The lowest BCUT2D eigenvalue weighted by Gasteiger charge is -2.47. The minimum atomic E-state index is -4.93. The highest BCUT2D eigenvalue weighted by atomic mass is 32.1. The van der Waals surface area contributed by atoms with E-state index in [1.54, 1.807) is 11.6 Å². The van der Waals surface area contributed by atoms with E-state index in [9.17, 15) is 18.3 Å². The molecular weight excluding hydrogens is 421 g/mol. The molecule has 30 heavy (non-hydrogen) atoms. The summed E-state index contributed by atoms with van der Waals surface area (Å²) in [7, 11) is 0. The van der Waals surface area contributed by atoms with Gasteiger partial charge in [0.2, 0.25) is 0 Å². The van der Waals surface area contributed by atoms with Gasteiger partial charge in [0.1, 0.15) is 5.01 Å². The third-order valence-electron chi connectivity index (χ3n) is 5.91. The van der Waals surface area contributed by atoms with Crippen LogP contribution in [0.15, 0.2) is 22.1 Å². The van der Waals surface area contributed by atoms with Crippen molar-refractivity contribution in [1.82, 2.24) is 15.3 Å². The highest BCUT2D eigenvalue weighted by Gasteiger charge is 2.48. The molecule has 158 valence electrons. The number of hydrogen-bond acceptors (Lipinski definition) is 8. The van der Waals surface area contributed by atoms with Crippen LogP contribution in [0.1, 0.15) is 24.8 Å². The topological polar surface area (TPSA) is 83.7 Å². The Hall–Kier alpha value is -2.37. The molecule has 11 heteroatoms. The van der Waals surface area contributed by atoms with Gasteiger partial charge in [0, 0.05) is 42.3 Å². The Kier molecular flexibility index (Phi) is 3.73. The van der Waals surface area contributed by atoms with Gasteiger partial charge >= 0.3 is 6.36 Å². The summed E-state index contributed by atoms with van der Waals surface area (Å²) in [5.41, 5.74) is -0.655. The van der Waals surface area contributed by atoms with Crippen molar-refractivity contribution in [2.45, 2.75) is 43.3 Å². The van der Waals surface area contributed by atoms with E-state index < -0.39 is 17.7 Å². The molecule has 1 aliphatic carbocycles. The van der Waals surface area contributed by atoms with Crippen LogP contribution in [0.4, 0.5) is 19.2 Å². The molecule has 1 aromatic carbocycles. The molecule has 0 amide bonds. The van der Waals surface area contributed by atoms with E-state index in [-0.39, 0.29) is 22.7 Å². The number of fused-ring (bicyclic) bond motifs is 3. The standard InChI is InChI=1S/C19H17F3N4O3S/c20-19(21,22)29-15-12(18(27)1-2-18)6-11(16-23-3-4-30-16)14-13(15)25-17(28-14)26-7-9-5-10(8-26)24-9/h3-4,6,9-10,24,27H,1-2,5,7-8H2. The van der Waals surface area contributed by atoms with Gasteiger partial charge in [-0.05, 0) is 25.3 Å². The zero-order chi connectivity index (χ0) is 20.7. The Labute approximate surface area is 172 Å². The fraction of sp³-hybridized carbons (Fsp3) is 0.474. The van der Waals surface area contributed by atoms with Crippen molar-refractivity contribution in [3.8, 4) is 16.3 Å². The van der Waals surface area contributed by atoms with Crippen LogP contribution in [0, 0.1) is 0 Å². The molecular formula is C19H17F3N4O3S. The number of piperidine rings is 1. The first-order valence-corrected chi connectivity index (χ1v) is 10.5. The summed E-state index contributed by atoms with van der Waals surface area (Å²) in [6, 6.07) is 2.40. The van der Waals surface area contributed by atoms with Gasteiger partial charge in [-0.3, -0.25) is 0 Å². The number of hydrogen-bond donors (Lipinski definition) is 2. The Bertz CT molecular complexity index is 1110. The quantitative estimate of drug-likeness (QED) is 0.646. The van der Waals surface area contributed by atoms with Gasteiger partial charge in [0.05, 0.1) is 11.2 Å². The van der Waals surface area contributed by atoms with Crippen molar-refractivity contribution in [2.24, 2.45) is 0 Å². The van der Waals surface area contributed by atoms with Crippen molar-refractivity contribution >= 4 is 28.5 Å². The smallest absolute Gasteiger partial charge is 0.422 e. The molecule has 7 nitrogen and oxygen atoms in total. The molecule has 0 radical (unpaired) electrons. The van der Waals surface area contributed by atoms with Gasteiger partial charge in [-0.15, -0.1) is 24.5 Å². The summed E-state index contributed by atoms with van der Waals surface area (Å²) in [5.74, 6) is -0.492. The Morgan fingerprint density at radius 1 is 1.30 bits per heavy atom. The van der Waals surface area contributed by atoms with E-state index in [1.165, 1.54) is 17.4 Å². The molecule has 2 atom stereocenters. The number of benzene rings is 1. The molecule has 2 aromatic heterocycles. The normalized spacial score (nSPS) is 24.7. The highest BCUT2D eigenvalue weighted by molar-refractivity contribution is 7.13. The fourth-order valence-corrected chi connectivity index (χ4v) is 4.97. The summed E-state index contributed by atoms with van der Waals surface area (Å²) in [5, 5.41) is 16.5. The lowest BCUT2D eigenvalue weighted by molar-refractivity contribution is -0.274. The van der Waals surface area contributed by atoms with E-state index in [2.05, 4.69) is 20.0 Å². The number of nitrogens with zero attached hydrogens (tertiary/aromatic N) is 3. The van der Waals surface area contributed by atoms with Gasteiger partial charge in [-0.2, -0.15) is 4.98 Å². The first kappa shape index (κ1) is 18.4. The van der Waals surface area contributed by atoms with Gasteiger partial charge in [-0.25, -0.2) is 4.98 Å². The summed E-state index contributed by atoms with van der Waals surface area (Å²) in [4.78, 5) is 10.6. The van der Waals surface area contributed by atoms with Crippen LogP contribution in [0.25, 0.3) is 21.7 Å². The molecule has 2 unspecified atom stereocenters. The SMILES string of the molecule is OC1(c2cc(-c3nccs3)c3oc(N4CC5CC(C4)N5)nc3c2OC(F)(F)F)CC1. The molecule has 4 fully saturated rings. The van der Waals surface area contributed by atoms with Crippen molar-refractivity contribution in [1.29, 1.82) is 0 Å². The molecule has 5 heterocycles. The second-order valence-corrected chi connectivity index (χ2v) is 8.99. The zero-order valence-electron chi connectivity index (χ0n) is 15.6. The maximum atomic E-state index is 13.3. The maximum Gasteiger partial charge on any atom is 0.573 e. The Morgan fingerprint density at radius 2 is 2.03 bits per heavy atom. The lowest BCUT2D eigenvalue weighted by atomic mass is 9.92. The van der Waals surface area contributed by atoms with Gasteiger partial charge in [0.15, 0.2) is 16.8 Å². The predicted molar refractivity (Wildman–Crippen MR) is 102 cm³/mol. The number of rotatable bonds is 4. The van der Waals surface area contributed by atoms with Crippen LogP contribution >= 0.6 is 11.3 Å². The molecule has 2 N–H and O–H groups in total. The van der Waals surface area contributed by atoms with Crippen LogP contribution < -0.4 is 15.0 Å². The number of nitrogens with one attached hydrogen (secondary N) is 1. The van der Waals surface area contributed by atoms with Gasteiger partial charge in [0.25, 0.3) is 6.01 Å². The summed E-state index contributed by atoms with van der Waals surface area (Å²) < 4.78 is 50.2. The van der Waals surface area contributed by atoms with E-state index in [0.717, 1.165) is 6.42 Å². The number of aliphatic hydroxyl groups is 1. The molecule has 3 aromatic rings. The number of ether oxygens (including phenoxy) is 1. The average Bonchev–Trinajstić information content (AvgIpc) is 3.11. The van der Waals surface area contributed by atoms with Crippen LogP contribution in [0.2, 0.25) is 0 Å². The maximum absolute atomic E-state index is 13.3. The number of oxazole rings is 1. The highest BCUT2D eigenvalue weighted by Crippen LogP contribution is 2.53. The van der Waals surface area contributed by atoms with Gasteiger partial charge in [-0.1, -0.05) is 0 Å². The summed E-state index contributed by atoms with van der Waals surface area (Å²) in [6.07, 6.45) is -1.53. The van der Waals surface area contributed by atoms with Crippen molar-refractivity contribution in [3.63, 3.8) is 0 Å².